The van der Waals surface area contributed by atoms with Crippen LogP contribution >= 0.6 is 0 Å². The Balaban J connectivity index is 2.30. The molecule has 0 saturated carbocycles. The second kappa shape index (κ2) is 6.68. The zero-order chi connectivity index (χ0) is 16.3. The van der Waals surface area contributed by atoms with Crippen molar-refractivity contribution >= 4 is 22.6 Å². The number of aromatic amines is 1. The third kappa shape index (κ3) is 3.32. The van der Waals surface area contributed by atoms with Crippen molar-refractivity contribution < 1.29 is 18.4 Å². The predicted molar refractivity (Wildman–Crippen MR) is 80.4 cm³/mol. The lowest BCUT2D eigenvalue weighted by molar-refractivity contribution is -0.129. The molecule has 0 saturated heterocycles. The Morgan fingerprint density at radius 1 is 1.32 bits per heavy atom. The largest absolute Gasteiger partial charge is 0.354 e. The van der Waals surface area contributed by atoms with Crippen LogP contribution < -0.4 is 5.32 Å². The van der Waals surface area contributed by atoms with Gasteiger partial charge in [0.05, 0.1) is 0 Å². The van der Waals surface area contributed by atoms with E-state index in [9.17, 15) is 18.4 Å². The molecule has 0 bridgehead atoms. The summed E-state index contributed by atoms with van der Waals surface area (Å²) >= 11 is 0. The van der Waals surface area contributed by atoms with Crippen LogP contribution in [0, 0.1) is 6.92 Å². The zero-order valence-electron chi connectivity index (χ0n) is 12.5. The number of carbonyl (C=O) groups excluding carboxylic acids is 2. The van der Waals surface area contributed by atoms with Gasteiger partial charge in [-0.1, -0.05) is 11.6 Å². The van der Waals surface area contributed by atoms with Crippen molar-refractivity contribution in [2.45, 2.75) is 32.6 Å². The van der Waals surface area contributed by atoms with Crippen LogP contribution in [-0.4, -0.2) is 30.1 Å². The number of hydrogen-bond acceptors (Lipinski definition) is 2. The molecule has 1 heterocycles. The van der Waals surface area contributed by atoms with Crippen LogP contribution in [0.5, 0.6) is 0 Å². The molecule has 22 heavy (non-hydrogen) atoms. The zero-order valence-corrected chi connectivity index (χ0v) is 12.5. The van der Waals surface area contributed by atoms with Crippen molar-refractivity contribution in [1.82, 2.24) is 10.3 Å². The van der Waals surface area contributed by atoms with Crippen molar-refractivity contribution in [3.63, 3.8) is 0 Å². The van der Waals surface area contributed by atoms with Gasteiger partial charge in [0.15, 0.2) is 5.78 Å². The van der Waals surface area contributed by atoms with Crippen molar-refractivity contribution in [2.75, 3.05) is 7.05 Å². The highest BCUT2D eigenvalue weighted by Gasteiger charge is 2.19. The summed E-state index contributed by atoms with van der Waals surface area (Å²) in [7, 11) is 1.53. The number of fused-ring (bicyclic) bond motifs is 1. The van der Waals surface area contributed by atoms with E-state index in [2.05, 4.69) is 10.3 Å². The number of alkyl halides is 2. The minimum Gasteiger partial charge on any atom is -0.354 e. The van der Waals surface area contributed by atoms with Crippen LogP contribution in [0.3, 0.4) is 0 Å². The summed E-state index contributed by atoms with van der Waals surface area (Å²) in [5.41, 5.74) is 3.05. The number of aryl methyl sites for hydroxylation is 2. The Kier molecular flexibility index (Phi) is 4.90. The SMILES string of the molecule is CNC(=O)c1[nH]c2ccc(C)cc2c1CCCC(=O)C(F)F. The summed E-state index contributed by atoms with van der Waals surface area (Å²) in [5.74, 6) is -1.32. The summed E-state index contributed by atoms with van der Waals surface area (Å²) in [6.45, 7) is 1.94. The molecule has 2 aromatic rings. The second-order valence-electron chi connectivity index (χ2n) is 5.23. The number of nitrogens with one attached hydrogen (secondary N) is 2. The molecule has 1 aromatic heterocycles. The van der Waals surface area contributed by atoms with Gasteiger partial charge in [-0.15, -0.1) is 0 Å². The van der Waals surface area contributed by atoms with Gasteiger partial charge in [0.1, 0.15) is 5.69 Å². The molecule has 0 aliphatic rings. The lowest BCUT2D eigenvalue weighted by atomic mass is 10.0. The molecule has 1 amide bonds. The maximum atomic E-state index is 12.2. The van der Waals surface area contributed by atoms with Crippen LogP contribution in [0.4, 0.5) is 8.78 Å². The second-order valence-corrected chi connectivity index (χ2v) is 5.23. The van der Waals surface area contributed by atoms with Gasteiger partial charge in [0.2, 0.25) is 0 Å². The molecule has 0 unspecified atom stereocenters. The first-order valence-corrected chi connectivity index (χ1v) is 7.08. The molecule has 0 spiro atoms. The molecule has 118 valence electrons. The maximum absolute atomic E-state index is 12.2. The number of amides is 1. The first-order chi connectivity index (χ1) is 10.4. The van der Waals surface area contributed by atoms with Gasteiger partial charge in [-0.2, -0.15) is 0 Å². The summed E-state index contributed by atoms with van der Waals surface area (Å²) in [6, 6.07) is 5.75. The fourth-order valence-corrected chi connectivity index (χ4v) is 2.49. The van der Waals surface area contributed by atoms with Crippen LogP contribution in [0.25, 0.3) is 10.9 Å². The van der Waals surface area contributed by atoms with E-state index in [1.807, 2.05) is 25.1 Å². The number of halogens is 2. The molecule has 0 atom stereocenters. The van der Waals surface area contributed by atoms with Gasteiger partial charge in [-0.25, -0.2) is 8.78 Å². The molecule has 0 radical (unpaired) electrons. The van der Waals surface area contributed by atoms with Gasteiger partial charge in [0, 0.05) is 24.4 Å². The summed E-state index contributed by atoms with van der Waals surface area (Å²) in [4.78, 5) is 26.0. The quantitative estimate of drug-likeness (QED) is 0.862. The molecule has 1 aromatic carbocycles. The molecule has 0 aliphatic carbocycles. The monoisotopic (exact) mass is 308 g/mol. The van der Waals surface area contributed by atoms with Crippen LogP contribution in [0.2, 0.25) is 0 Å². The van der Waals surface area contributed by atoms with E-state index in [4.69, 9.17) is 0 Å². The third-order valence-corrected chi connectivity index (χ3v) is 3.61. The fraction of sp³-hybridized carbons (Fsp3) is 0.375. The minimum absolute atomic E-state index is 0.191. The average molecular weight is 308 g/mol. The standard InChI is InChI=1S/C16H18F2N2O2/c1-9-6-7-12-11(8-9)10(14(20-12)16(22)19-2)4-3-5-13(21)15(17)18/h6-8,15,20H,3-5H2,1-2H3,(H,19,22). The molecule has 0 aliphatic heterocycles. The number of Topliss-reactive ketones (excluding diaryl/α,β-unsaturated/α-hetero) is 1. The molecule has 6 heteroatoms. The topological polar surface area (TPSA) is 62.0 Å². The molecule has 4 nitrogen and oxygen atoms in total. The Labute approximate surface area is 126 Å². The van der Waals surface area contributed by atoms with E-state index < -0.39 is 12.2 Å². The lowest BCUT2D eigenvalue weighted by Crippen LogP contribution is -2.19. The van der Waals surface area contributed by atoms with Gasteiger partial charge < -0.3 is 10.3 Å². The smallest absolute Gasteiger partial charge is 0.295 e. The highest BCUT2D eigenvalue weighted by atomic mass is 19.3. The summed E-state index contributed by atoms with van der Waals surface area (Å²) in [6.07, 6.45) is -2.44. The first-order valence-electron chi connectivity index (χ1n) is 7.08. The summed E-state index contributed by atoms with van der Waals surface area (Å²) < 4.78 is 24.5. The van der Waals surface area contributed by atoms with Gasteiger partial charge >= 0.3 is 0 Å². The number of carbonyl (C=O) groups is 2. The molecule has 2 rings (SSSR count). The number of ketones is 1. The minimum atomic E-state index is -2.93. The van der Waals surface area contributed by atoms with Crippen LogP contribution in [-0.2, 0) is 11.2 Å². The van der Waals surface area contributed by atoms with Crippen molar-refractivity contribution in [1.29, 1.82) is 0 Å². The van der Waals surface area contributed by atoms with Crippen LogP contribution in [0.1, 0.15) is 34.5 Å². The number of H-pyrrole nitrogens is 1. The molecule has 2 N–H and O–H groups in total. The van der Waals surface area contributed by atoms with E-state index in [-0.39, 0.29) is 18.7 Å². The molecular formula is C16H18F2N2O2. The fourth-order valence-electron chi connectivity index (χ4n) is 2.49. The average Bonchev–Trinajstić information content (AvgIpc) is 2.84. The number of aromatic nitrogens is 1. The third-order valence-electron chi connectivity index (χ3n) is 3.61. The van der Waals surface area contributed by atoms with E-state index in [1.165, 1.54) is 7.05 Å². The van der Waals surface area contributed by atoms with Crippen molar-refractivity contribution in [3.05, 3.63) is 35.0 Å². The van der Waals surface area contributed by atoms with E-state index >= 15 is 0 Å². The Bertz CT molecular complexity index is 707. The normalized spacial score (nSPS) is 11.1. The van der Waals surface area contributed by atoms with Crippen LogP contribution in [0.15, 0.2) is 18.2 Å². The number of rotatable bonds is 6. The Morgan fingerprint density at radius 3 is 2.68 bits per heavy atom. The van der Waals surface area contributed by atoms with Crippen molar-refractivity contribution in [2.24, 2.45) is 0 Å². The molecule has 0 fully saturated rings. The number of benzene rings is 1. The van der Waals surface area contributed by atoms with Gasteiger partial charge in [-0.3, -0.25) is 9.59 Å². The summed E-state index contributed by atoms with van der Waals surface area (Å²) in [5, 5.41) is 3.45. The predicted octanol–water partition coefficient (Wildman–Crippen LogP) is 2.99. The van der Waals surface area contributed by atoms with E-state index in [0.29, 0.717) is 12.1 Å². The number of hydrogen-bond donors (Lipinski definition) is 2. The van der Waals surface area contributed by atoms with Gasteiger partial charge in [0.25, 0.3) is 12.3 Å². The molecular weight excluding hydrogens is 290 g/mol. The first kappa shape index (κ1) is 16.1. The highest BCUT2D eigenvalue weighted by Crippen LogP contribution is 2.25. The Morgan fingerprint density at radius 2 is 2.05 bits per heavy atom. The van der Waals surface area contributed by atoms with Crippen molar-refractivity contribution in [3.8, 4) is 0 Å². The highest BCUT2D eigenvalue weighted by molar-refractivity contribution is 6.01. The maximum Gasteiger partial charge on any atom is 0.295 e. The van der Waals surface area contributed by atoms with E-state index in [0.717, 1.165) is 22.0 Å². The van der Waals surface area contributed by atoms with Gasteiger partial charge in [-0.05, 0) is 37.5 Å². The lowest BCUT2D eigenvalue weighted by Gasteiger charge is -2.04. The van der Waals surface area contributed by atoms with E-state index in [1.54, 1.807) is 0 Å². The Hall–Kier alpha value is -2.24.